The Morgan fingerprint density at radius 2 is 1.69 bits per heavy atom. The number of alkyl halides is 3. The third-order valence-corrected chi connectivity index (χ3v) is 4.07. The average molecular weight is 411 g/mol. The van der Waals surface area contributed by atoms with Gasteiger partial charge in [0.25, 0.3) is 0 Å². The van der Waals surface area contributed by atoms with Gasteiger partial charge in [-0.3, -0.25) is 0 Å². The van der Waals surface area contributed by atoms with Crippen molar-refractivity contribution >= 4 is 17.1 Å². The molecule has 158 valence electrons. The molecule has 0 saturated carbocycles. The predicted molar refractivity (Wildman–Crippen MR) is 104 cm³/mol. The summed E-state index contributed by atoms with van der Waals surface area (Å²) in [6, 6.07) is 5.84. The molecule has 0 aliphatic heterocycles. The van der Waals surface area contributed by atoms with E-state index in [2.05, 4.69) is 10.2 Å². The van der Waals surface area contributed by atoms with E-state index in [1.807, 2.05) is 20.8 Å². The average Bonchev–Trinajstić information content (AvgIpc) is 2.61. The number of aliphatic hydroxyl groups excluding tert-OH is 1. The van der Waals surface area contributed by atoms with Crippen LogP contribution >= 0.6 is 0 Å². The van der Waals surface area contributed by atoms with Crippen LogP contribution in [-0.2, 0) is 11.6 Å². The SMILES string of the molecule is CC(C)(C)c1cc(OCCCO)cc(/N=N\c2cc(C(F)(F)F)ccc2N)c1O. The molecule has 0 unspecified atom stereocenters. The molecule has 6 nitrogen and oxygen atoms in total. The number of phenols is 1. The number of rotatable bonds is 6. The molecule has 0 aromatic heterocycles. The maximum atomic E-state index is 12.9. The fraction of sp³-hybridized carbons (Fsp3) is 0.400. The second-order valence-electron chi connectivity index (χ2n) is 7.49. The Balaban J connectivity index is 2.47. The number of hydrogen-bond donors (Lipinski definition) is 3. The lowest BCUT2D eigenvalue weighted by atomic mass is 9.86. The van der Waals surface area contributed by atoms with Crippen LogP contribution in [0.15, 0.2) is 40.6 Å². The summed E-state index contributed by atoms with van der Waals surface area (Å²) >= 11 is 0. The molecule has 2 aromatic rings. The number of aromatic hydroxyl groups is 1. The van der Waals surface area contributed by atoms with Gasteiger partial charge in [-0.05, 0) is 29.7 Å². The van der Waals surface area contributed by atoms with E-state index in [0.717, 1.165) is 18.2 Å². The van der Waals surface area contributed by atoms with Crippen molar-refractivity contribution in [3.8, 4) is 11.5 Å². The number of benzene rings is 2. The molecule has 0 bridgehead atoms. The number of halogens is 3. The molecule has 29 heavy (non-hydrogen) atoms. The third-order valence-electron chi connectivity index (χ3n) is 4.07. The van der Waals surface area contributed by atoms with Crippen LogP contribution in [0.3, 0.4) is 0 Å². The minimum Gasteiger partial charge on any atom is -0.505 e. The summed E-state index contributed by atoms with van der Waals surface area (Å²) in [5, 5.41) is 27.2. The quantitative estimate of drug-likeness (QED) is 0.333. The Morgan fingerprint density at radius 3 is 2.28 bits per heavy atom. The summed E-state index contributed by atoms with van der Waals surface area (Å²) in [4.78, 5) is 0. The molecule has 2 rings (SSSR count). The van der Waals surface area contributed by atoms with Crippen LogP contribution in [0.4, 0.5) is 30.2 Å². The van der Waals surface area contributed by atoms with Crippen molar-refractivity contribution < 1.29 is 28.1 Å². The minimum absolute atomic E-state index is 0.0210. The van der Waals surface area contributed by atoms with Gasteiger partial charge in [-0.1, -0.05) is 20.8 Å². The van der Waals surface area contributed by atoms with Crippen LogP contribution in [0.5, 0.6) is 11.5 Å². The first-order chi connectivity index (χ1) is 13.4. The highest BCUT2D eigenvalue weighted by Crippen LogP contribution is 2.42. The van der Waals surface area contributed by atoms with Crippen molar-refractivity contribution in [2.45, 2.75) is 38.8 Å². The standard InChI is InChI=1S/C20H24F3N3O3/c1-19(2,3)14-10-13(29-8-4-7-27)11-17(18(14)28)26-25-16-9-12(20(21,22)23)5-6-15(16)24/h5-6,9-11,27-28H,4,7-8,24H2,1-3H3/b26-25-. The number of hydrogen-bond acceptors (Lipinski definition) is 6. The van der Waals surface area contributed by atoms with Gasteiger partial charge in [0.1, 0.15) is 22.9 Å². The molecule has 0 radical (unpaired) electrons. The first-order valence-electron chi connectivity index (χ1n) is 8.93. The number of azo groups is 1. The van der Waals surface area contributed by atoms with Gasteiger partial charge in [0.05, 0.1) is 17.9 Å². The molecule has 0 aliphatic rings. The highest BCUT2D eigenvalue weighted by molar-refractivity contribution is 5.65. The highest BCUT2D eigenvalue weighted by Gasteiger charge is 2.31. The molecular weight excluding hydrogens is 387 g/mol. The third kappa shape index (κ3) is 5.83. The second kappa shape index (κ2) is 8.69. The number of anilines is 1. The van der Waals surface area contributed by atoms with E-state index >= 15 is 0 Å². The van der Waals surface area contributed by atoms with Gasteiger partial charge in [0.15, 0.2) is 0 Å². The van der Waals surface area contributed by atoms with E-state index in [4.69, 9.17) is 15.6 Å². The van der Waals surface area contributed by atoms with Crippen molar-refractivity contribution in [2.75, 3.05) is 18.9 Å². The predicted octanol–water partition coefficient (Wildman–Crippen LogP) is 5.47. The summed E-state index contributed by atoms with van der Waals surface area (Å²) in [7, 11) is 0. The molecule has 0 aliphatic carbocycles. The van der Waals surface area contributed by atoms with Gasteiger partial charge in [-0.25, -0.2) is 0 Å². The molecule has 0 heterocycles. The van der Waals surface area contributed by atoms with Crippen molar-refractivity contribution in [3.05, 3.63) is 41.5 Å². The van der Waals surface area contributed by atoms with Crippen LogP contribution in [-0.4, -0.2) is 23.4 Å². The number of nitrogen functional groups attached to an aromatic ring is 1. The first-order valence-corrected chi connectivity index (χ1v) is 8.93. The van der Waals surface area contributed by atoms with Crippen LogP contribution < -0.4 is 10.5 Å². The van der Waals surface area contributed by atoms with Crippen molar-refractivity contribution in [2.24, 2.45) is 10.2 Å². The van der Waals surface area contributed by atoms with Crippen LogP contribution in [0, 0.1) is 0 Å². The van der Waals surface area contributed by atoms with E-state index in [1.54, 1.807) is 6.07 Å². The summed E-state index contributed by atoms with van der Waals surface area (Å²) in [6.45, 7) is 5.86. The van der Waals surface area contributed by atoms with E-state index < -0.39 is 17.2 Å². The Bertz CT molecular complexity index is 891. The number of aliphatic hydroxyl groups is 1. The molecule has 0 atom stereocenters. The lowest BCUT2D eigenvalue weighted by Gasteiger charge is -2.22. The molecule has 0 fully saturated rings. The Labute approximate surface area is 166 Å². The Kier molecular flexibility index (Phi) is 6.73. The zero-order chi connectivity index (χ0) is 21.8. The lowest BCUT2D eigenvalue weighted by Crippen LogP contribution is -2.12. The molecule has 9 heteroatoms. The molecule has 0 saturated heterocycles. The van der Waals surface area contributed by atoms with Crippen molar-refractivity contribution in [1.29, 1.82) is 0 Å². The zero-order valence-corrected chi connectivity index (χ0v) is 16.4. The first kappa shape index (κ1) is 22.5. The van der Waals surface area contributed by atoms with Crippen molar-refractivity contribution in [1.82, 2.24) is 0 Å². The molecule has 4 N–H and O–H groups in total. The lowest BCUT2D eigenvalue weighted by molar-refractivity contribution is -0.137. The Morgan fingerprint density at radius 1 is 1.03 bits per heavy atom. The number of ether oxygens (including phenoxy) is 1. The van der Waals surface area contributed by atoms with E-state index in [0.29, 0.717) is 17.7 Å². The monoisotopic (exact) mass is 411 g/mol. The van der Waals surface area contributed by atoms with Gasteiger partial charge in [0.2, 0.25) is 0 Å². The molecule has 0 spiro atoms. The molecular formula is C20H24F3N3O3. The summed E-state index contributed by atoms with van der Waals surface area (Å²) in [5.41, 5.74) is 4.78. The normalized spacial score (nSPS) is 12.5. The summed E-state index contributed by atoms with van der Waals surface area (Å²) in [6.07, 6.45) is -4.12. The summed E-state index contributed by atoms with van der Waals surface area (Å²) in [5.74, 6) is 0.244. The number of phenolic OH excluding ortho intramolecular Hbond substituents is 1. The molecule has 2 aromatic carbocycles. The molecule has 0 amide bonds. The number of nitrogens with two attached hydrogens (primary N) is 1. The van der Waals surface area contributed by atoms with Gasteiger partial charge >= 0.3 is 6.18 Å². The Hall–Kier alpha value is -2.81. The topological polar surface area (TPSA) is 100 Å². The summed E-state index contributed by atoms with van der Waals surface area (Å²) < 4.78 is 44.3. The highest BCUT2D eigenvalue weighted by atomic mass is 19.4. The minimum atomic E-state index is -4.54. The smallest absolute Gasteiger partial charge is 0.416 e. The largest absolute Gasteiger partial charge is 0.505 e. The van der Waals surface area contributed by atoms with E-state index in [1.165, 1.54) is 6.07 Å². The van der Waals surface area contributed by atoms with Gasteiger partial charge in [-0.2, -0.15) is 13.2 Å². The van der Waals surface area contributed by atoms with E-state index in [9.17, 15) is 18.3 Å². The second-order valence-corrected chi connectivity index (χ2v) is 7.49. The van der Waals surface area contributed by atoms with Gasteiger partial charge < -0.3 is 20.7 Å². The van der Waals surface area contributed by atoms with Gasteiger partial charge in [0, 0.05) is 24.7 Å². The van der Waals surface area contributed by atoms with Gasteiger partial charge in [-0.15, -0.1) is 10.2 Å². The zero-order valence-electron chi connectivity index (χ0n) is 16.4. The van der Waals surface area contributed by atoms with Crippen LogP contribution in [0.1, 0.15) is 38.3 Å². The van der Waals surface area contributed by atoms with Crippen LogP contribution in [0.2, 0.25) is 0 Å². The fourth-order valence-corrected chi connectivity index (χ4v) is 2.49. The van der Waals surface area contributed by atoms with Crippen molar-refractivity contribution in [3.63, 3.8) is 0 Å². The maximum absolute atomic E-state index is 12.9. The van der Waals surface area contributed by atoms with E-state index in [-0.39, 0.29) is 36.0 Å². The fourth-order valence-electron chi connectivity index (χ4n) is 2.49. The van der Waals surface area contributed by atoms with Crippen LogP contribution in [0.25, 0.3) is 0 Å². The number of nitrogens with zero attached hydrogens (tertiary/aromatic N) is 2. The maximum Gasteiger partial charge on any atom is 0.416 e.